The fraction of sp³-hybridized carbons (Fsp3) is 0.500. The number of carbonyl (C=O) groups excluding carboxylic acids is 1. The number of hydrogen-bond acceptors (Lipinski definition) is 2. The van der Waals surface area contributed by atoms with Crippen LogP contribution in [0.15, 0.2) is 12.1 Å². The van der Waals surface area contributed by atoms with E-state index >= 15 is 0 Å². The molecule has 1 aromatic rings. The fourth-order valence-corrected chi connectivity index (χ4v) is 3.19. The van der Waals surface area contributed by atoms with Gasteiger partial charge in [-0.05, 0) is 30.4 Å². The SMILES string of the molecule is CC1(C)CCCC1C(=O)Nc1cc(Cl)cc(Cl)c1O. The molecule has 0 radical (unpaired) electrons. The van der Waals surface area contributed by atoms with Gasteiger partial charge in [0.05, 0.1) is 10.7 Å². The zero-order valence-corrected chi connectivity index (χ0v) is 12.5. The Balaban J connectivity index is 2.20. The number of amides is 1. The number of halogens is 2. The highest BCUT2D eigenvalue weighted by molar-refractivity contribution is 6.36. The molecule has 1 aliphatic carbocycles. The number of aromatic hydroxyl groups is 1. The Kier molecular flexibility index (Phi) is 3.98. The summed E-state index contributed by atoms with van der Waals surface area (Å²) in [4.78, 5) is 12.3. The smallest absolute Gasteiger partial charge is 0.228 e. The molecule has 1 amide bonds. The molecule has 1 aromatic carbocycles. The second-order valence-corrected chi connectivity index (χ2v) is 6.55. The van der Waals surface area contributed by atoms with E-state index in [-0.39, 0.29) is 33.7 Å². The first-order chi connectivity index (χ1) is 8.81. The molecule has 19 heavy (non-hydrogen) atoms. The number of anilines is 1. The molecule has 2 rings (SSSR count). The number of benzene rings is 1. The Bertz CT molecular complexity index is 514. The van der Waals surface area contributed by atoms with E-state index in [0.29, 0.717) is 5.02 Å². The van der Waals surface area contributed by atoms with Gasteiger partial charge >= 0.3 is 0 Å². The molecule has 0 aliphatic heterocycles. The predicted molar refractivity (Wildman–Crippen MR) is 77.9 cm³/mol. The van der Waals surface area contributed by atoms with Crippen molar-refractivity contribution >= 4 is 34.8 Å². The lowest BCUT2D eigenvalue weighted by molar-refractivity contribution is -0.122. The van der Waals surface area contributed by atoms with Crippen LogP contribution in [0, 0.1) is 11.3 Å². The minimum atomic E-state index is -0.143. The zero-order valence-electron chi connectivity index (χ0n) is 11.0. The van der Waals surface area contributed by atoms with E-state index in [1.54, 1.807) is 0 Å². The molecule has 104 valence electrons. The summed E-state index contributed by atoms with van der Waals surface area (Å²) in [7, 11) is 0. The number of phenols is 1. The van der Waals surface area contributed by atoms with Gasteiger partial charge in [-0.15, -0.1) is 0 Å². The van der Waals surface area contributed by atoms with Gasteiger partial charge in [-0.3, -0.25) is 4.79 Å². The van der Waals surface area contributed by atoms with Gasteiger partial charge in [-0.25, -0.2) is 0 Å². The van der Waals surface area contributed by atoms with Crippen molar-refractivity contribution in [3.8, 4) is 5.75 Å². The van der Waals surface area contributed by atoms with Crippen LogP contribution >= 0.6 is 23.2 Å². The fourth-order valence-electron chi connectivity index (χ4n) is 2.69. The third-order valence-electron chi connectivity index (χ3n) is 3.86. The number of hydrogen-bond donors (Lipinski definition) is 2. The highest BCUT2D eigenvalue weighted by atomic mass is 35.5. The lowest BCUT2D eigenvalue weighted by Crippen LogP contribution is -2.30. The standard InChI is InChI=1S/C14H17Cl2NO2/c1-14(2)5-3-4-9(14)13(19)17-11-7-8(15)6-10(16)12(11)18/h6-7,9,18H,3-5H2,1-2H3,(H,17,19). The first kappa shape index (κ1) is 14.5. The minimum Gasteiger partial charge on any atom is -0.504 e. The molecule has 1 atom stereocenters. The van der Waals surface area contributed by atoms with Gasteiger partial charge < -0.3 is 10.4 Å². The minimum absolute atomic E-state index is 0.0118. The molecular formula is C14H17Cl2NO2. The molecule has 1 saturated carbocycles. The van der Waals surface area contributed by atoms with Gasteiger partial charge in [0.2, 0.25) is 5.91 Å². The summed E-state index contributed by atoms with van der Waals surface area (Å²) >= 11 is 11.7. The summed E-state index contributed by atoms with van der Waals surface area (Å²) in [6, 6.07) is 2.94. The van der Waals surface area contributed by atoms with Crippen LogP contribution in [0.25, 0.3) is 0 Å². The molecule has 3 nitrogen and oxygen atoms in total. The van der Waals surface area contributed by atoms with E-state index < -0.39 is 0 Å². The largest absolute Gasteiger partial charge is 0.504 e. The molecule has 1 aliphatic rings. The molecule has 0 saturated heterocycles. The summed E-state index contributed by atoms with van der Waals surface area (Å²) < 4.78 is 0. The Morgan fingerprint density at radius 2 is 2.11 bits per heavy atom. The molecule has 2 N–H and O–H groups in total. The summed E-state index contributed by atoms with van der Waals surface area (Å²) in [5.41, 5.74) is 0.257. The number of phenolic OH excluding ortho intramolecular Hbond substituents is 1. The Labute approximate surface area is 122 Å². The van der Waals surface area contributed by atoms with Gasteiger partial charge in [0.1, 0.15) is 0 Å². The molecule has 0 heterocycles. The Morgan fingerprint density at radius 1 is 1.42 bits per heavy atom. The molecular weight excluding hydrogens is 285 g/mol. The molecule has 5 heteroatoms. The average Bonchev–Trinajstić information content (AvgIpc) is 2.65. The molecule has 0 spiro atoms. The van der Waals surface area contributed by atoms with Crippen LogP contribution in [0.5, 0.6) is 5.75 Å². The van der Waals surface area contributed by atoms with Crippen LogP contribution in [-0.4, -0.2) is 11.0 Å². The van der Waals surface area contributed by atoms with E-state index in [1.165, 1.54) is 12.1 Å². The van der Waals surface area contributed by atoms with Crippen LogP contribution in [0.2, 0.25) is 10.0 Å². The van der Waals surface area contributed by atoms with Gasteiger partial charge in [-0.2, -0.15) is 0 Å². The first-order valence-electron chi connectivity index (χ1n) is 6.30. The second kappa shape index (κ2) is 5.22. The lowest BCUT2D eigenvalue weighted by atomic mass is 9.81. The summed E-state index contributed by atoms with van der Waals surface area (Å²) in [6.07, 6.45) is 2.95. The predicted octanol–water partition coefficient (Wildman–Crippen LogP) is 4.46. The van der Waals surface area contributed by atoms with E-state index in [2.05, 4.69) is 19.2 Å². The van der Waals surface area contributed by atoms with E-state index in [1.807, 2.05) is 0 Å². The lowest BCUT2D eigenvalue weighted by Gasteiger charge is -2.26. The number of carbonyl (C=O) groups is 1. The van der Waals surface area contributed by atoms with Crippen LogP contribution in [-0.2, 0) is 4.79 Å². The van der Waals surface area contributed by atoms with Crippen molar-refractivity contribution in [1.29, 1.82) is 0 Å². The van der Waals surface area contributed by atoms with Gasteiger partial charge in [0.25, 0.3) is 0 Å². The van der Waals surface area contributed by atoms with Crippen molar-refractivity contribution in [3.63, 3.8) is 0 Å². The van der Waals surface area contributed by atoms with Crippen LogP contribution in [0.1, 0.15) is 33.1 Å². The monoisotopic (exact) mass is 301 g/mol. The number of rotatable bonds is 2. The Morgan fingerprint density at radius 3 is 2.68 bits per heavy atom. The molecule has 1 fully saturated rings. The third-order valence-corrected chi connectivity index (χ3v) is 4.37. The quantitative estimate of drug-likeness (QED) is 0.792. The van der Waals surface area contributed by atoms with Crippen molar-refractivity contribution < 1.29 is 9.90 Å². The maximum Gasteiger partial charge on any atom is 0.228 e. The molecule has 0 aromatic heterocycles. The summed E-state index contributed by atoms with van der Waals surface area (Å²) in [5, 5.41) is 13.1. The van der Waals surface area contributed by atoms with E-state index in [0.717, 1.165) is 19.3 Å². The van der Waals surface area contributed by atoms with Crippen LogP contribution < -0.4 is 5.32 Å². The Hall–Kier alpha value is -0.930. The molecule has 0 bridgehead atoms. The zero-order chi connectivity index (χ0) is 14.2. The third kappa shape index (κ3) is 2.98. The van der Waals surface area contributed by atoms with Crippen LogP contribution in [0.3, 0.4) is 0 Å². The van der Waals surface area contributed by atoms with Crippen LogP contribution in [0.4, 0.5) is 5.69 Å². The van der Waals surface area contributed by atoms with E-state index in [4.69, 9.17) is 23.2 Å². The second-order valence-electron chi connectivity index (χ2n) is 5.71. The highest BCUT2D eigenvalue weighted by Crippen LogP contribution is 2.44. The molecule has 1 unspecified atom stereocenters. The highest BCUT2D eigenvalue weighted by Gasteiger charge is 2.39. The summed E-state index contributed by atoms with van der Waals surface area (Å²) in [5.74, 6) is -0.281. The van der Waals surface area contributed by atoms with Gasteiger partial charge in [-0.1, -0.05) is 43.5 Å². The first-order valence-corrected chi connectivity index (χ1v) is 7.06. The van der Waals surface area contributed by atoms with Crippen molar-refractivity contribution in [2.75, 3.05) is 5.32 Å². The van der Waals surface area contributed by atoms with Crippen molar-refractivity contribution in [1.82, 2.24) is 0 Å². The van der Waals surface area contributed by atoms with E-state index in [9.17, 15) is 9.90 Å². The summed E-state index contributed by atoms with van der Waals surface area (Å²) in [6.45, 7) is 4.18. The van der Waals surface area contributed by atoms with Gasteiger partial charge in [0.15, 0.2) is 5.75 Å². The van der Waals surface area contributed by atoms with Crippen molar-refractivity contribution in [2.45, 2.75) is 33.1 Å². The van der Waals surface area contributed by atoms with Crippen molar-refractivity contribution in [2.24, 2.45) is 11.3 Å². The topological polar surface area (TPSA) is 49.3 Å². The van der Waals surface area contributed by atoms with Crippen molar-refractivity contribution in [3.05, 3.63) is 22.2 Å². The van der Waals surface area contributed by atoms with Gasteiger partial charge in [0, 0.05) is 10.9 Å². The maximum atomic E-state index is 12.3. The maximum absolute atomic E-state index is 12.3. The normalized spacial score (nSPS) is 21.4. The number of nitrogens with one attached hydrogen (secondary N) is 1. The average molecular weight is 302 g/mol.